The predicted molar refractivity (Wildman–Crippen MR) is 190 cm³/mol. The Morgan fingerprint density at radius 2 is 1.04 bits per heavy atom. The first-order valence-electron chi connectivity index (χ1n) is 15.5. The van der Waals surface area contributed by atoms with Crippen molar-refractivity contribution in [1.82, 2.24) is 19.1 Å². The maximum absolute atomic E-state index is 4.88. The van der Waals surface area contributed by atoms with Crippen LogP contribution in [0.5, 0.6) is 0 Å². The molecule has 0 saturated carbocycles. The number of pyridine rings is 2. The summed E-state index contributed by atoms with van der Waals surface area (Å²) in [7, 11) is 0. The molecule has 0 aliphatic rings. The molecule has 46 heavy (non-hydrogen) atoms. The van der Waals surface area contributed by atoms with E-state index < -0.39 is 0 Å². The highest BCUT2D eigenvalue weighted by Gasteiger charge is 2.23. The lowest BCUT2D eigenvalue weighted by molar-refractivity contribution is 1.05. The van der Waals surface area contributed by atoms with Crippen LogP contribution in [0.15, 0.2) is 170 Å². The number of benzene rings is 5. The fraction of sp³-hybridized carbons (Fsp3) is 0. The minimum atomic E-state index is 0.880. The lowest BCUT2D eigenvalue weighted by atomic mass is 9.98. The number of hydrogen-bond acceptors (Lipinski definition) is 2. The zero-order valence-electron chi connectivity index (χ0n) is 25.0. The molecule has 0 N–H and O–H groups in total. The van der Waals surface area contributed by atoms with E-state index >= 15 is 0 Å². The Morgan fingerprint density at radius 1 is 0.391 bits per heavy atom. The summed E-state index contributed by atoms with van der Waals surface area (Å²) in [6, 6.07) is 55.7. The van der Waals surface area contributed by atoms with Gasteiger partial charge in [0.15, 0.2) is 0 Å². The van der Waals surface area contributed by atoms with Crippen LogP contribution < -0.4 is 0 Å². The van der Waals surface area contributed by atoms with E-state index in [1.54, 1.807) is 0 Å². The van der Waals surface area contributed by atoms with Gasteiger partial charge in [0.2, 0.25) is 0 Å². The van der Waals surface area contributed by atoms with Crippen LogP contribution in [0.4, 0.5) is 0 Å². The average molecular weight is 589 g/mol. The Bertz CT molecular complexity index is 2500. The summed E-state index contributed by atoms with van der Waals surface area (Å²) in [6.07, 6.45) is 3.72. The Morgan fingerprint density at radius 3 is 1.80 bits per heavy atom. The summed E-state index contributed by atoms with van der Waals surface area (Å²) in [5.74, 6) is 0.880. The van der Waals surface area contributed by atoms with Gasteiger partial charge in [-0.3, -0.25) is 9.55 Å². The molecule has 5 aromatic carbocycles. The summed E-state index contributed by atoms with van der Waals surface area (Å²) in [5, 5.41) is 3.61. The van der Waals surface area contributed by atoms with Crippen molar-refractivity contribution in [2.75, 3.05) is 0 Å². The Labute approximate surface area is 266 Å². The van der Waals surface area contributed by atoms with E-state index in [0.717, 1.165) is 50.6 Å². The quantitative estimate of drug-likeness (QED) is 0.200. The Balaban J connectivity index is 1.39. The van der Waals surface area contributed by atoms with Gasteiger partial charge in [-0.15, -0.1) is 0 Å². The standard InChI is InChI=1S/C42H28N4/c1-3-13-29(14-4-1)41-35-24-22-32(28-39(35)46(40-20-10-12-26-44-40)42(41)30-15-5-2-6-16-30)45-37-19-8-7-17-33(37)34-23-21-31(27-38(34)45)36-18-9-11-25-43-36/h1-28H. The number of rotatable bonds is 5. The van der Waals surface area contributed by atoms with Gasteiger partial charge in [-0.1, -0.05) is 109 Å². The van der Waals surface area contributed by atoms with Crippen molar-refractivity contribution in [2.45, 2.75) is 0 Å². The van der Waals surface area contributed by atoms with Crippen molar-refractivity contribution in [3.63, 3.8) is 0 Å². The van der Waals surface area contributed by atoms with E-state index in [-0.39, 0.29) is 0 Å². The molecule has 4 aromatic heterocycles. The van der Waals surface area contributed by atoms with Crippen LogP contribution in [-0.4, -0.2) is 19.1 Å². The highest BCUT2D eigenvalue weighted by atomic mass is 15.1. The number of aromatic nitrogens is 4. The van der Waals surface area contributed by atoms with E-state index in [2.05, 4.69) is 154 Å². The van der Waals surface area contributed by atoms with E-state index in [4.69, 9.17) is 4.98 Å². The molecule has 0 bridgehead atoms. The van der Waals surface area contributed by atoms with Crippen LogP contribution >= 0.6 is 0 Å². The van der Waals surface area contributed by atoms with Crippen molar-refractivity contribution < 1.29 is 0 Å². The van der Waals surface area contributed by atoms with Gasteiger partial charge in [0, 0.05) is 45.4 Å². The van der Waals surface area contributed by atoms with Crippen molar-refractivity contribution in [1.29, 1.82) is 0 Å². The van der Waals surface area contributed by atoms with Gasteiger partial charge in [-0.2, -0.15) is 0 Å². The summed E-state index contributed by atoms with van der Waals surface area (Å²) < 4.78 is 4.71. The highest BCUT2D eigenvalue weighted by Crippen LogP contribution is 2.44. The fourth-order valence-corrected chi connectivity index (χ4v) is 6.85. The smallest absolute Gasteiger partial charge is 0.137 e. The van der Waals surface area contributed by atoms with Gasteiger partial charge in [-0.05, 0) is 59.7 Å². The van der Waals surface area contributed by atoms with Crippen LogP contribution in [0.1, 0.15) is 0 Å². The monoisotopic (exact) mass is 588 g/mol. The normalized spacial score (nSPS) is 11.5. The van der Waals surface area contributed by atoms with Gasteiger partial charge in [0.25, 0.3) is 0 Å². The first-order chi connectivity index (χ1) is 22.8. The van der Waals surface area contributed by atoms with E-state index in [9.17, 15) is 0 Å². The summed E-state index contributed by atoms with van der Waals surface area (Å²) >= 11 is 0. The first kappa shape index (κ1) is 26.2. The van der Waals surface area contributed by atoms with Crippen molar-refractivity contribution in [3.8, 4) is 45.1 Å². The molecule has 0 amide bonds. The molecule has 9 rings (SSSR count). The Kier molecular flexibility index (Phi) is 6.10. The van der Waals surface area contributed by atoms with Crippen LogP contribution in [0, 0.1) is 0 Å². The molecule has 0 saturated heterocycles. The summed E-state index contributed by atoms with van der Waals surface area (Å²) in [5.41, 5.74) is 11.2. The first-order valence-corrected chi connectivity index (χ1v) is 15.5. The van der Waals surface area contributed by atoms with Crippen molar-refractivity contribution in [3.05, 3.63) is 170 Å². The fourth-order valence-electron chi connectivity index (χ4n) is 6.85. The third kappa shape index (κ3) is 4.15. The van der Waals surface area contributed by atoms with Gasteiger partial charge in [-0.25, -0.2) is 4.98 Å². The van der Waals surface area contributed by atoms with Crippen LogP contribution in [-0.2, 0) is 0 Å². The molecule has 9 aromatic rings. The van der Waals surface area contributed by atoms with Gasteiger partial charge in [0.05, 0.1) is 27.9 Å². The topological polar surface area (TPSA) is 35.6 Å². The molecule has 4 nitrogen and oxygen atoms in total. The molecular formula is C42H28N4. The summed E-state index contributed by atoms with van der Waals surface area (Å²) in [4.78, 5) is 9.53. The molecule has 0 spiro atoms. The molecule has 4 heteroatoms. The third-order valence-electron chi connectivity index (χ3n) is 8.83. The number of fused-ring (bicyclic) bond motifs is 4. The third-order valence-corrected chi connectivity index (χ3v) is 8.83. The number of nitrogens with zero attached hydrogens (tertiary/aromatic N) is 4. The van der Waals surface area contributed by atoms with Gasteiger partial charge < -0.3 is 4.57 Å². The van der Waals surface area contributed by atoms with Crippen molar-refractivity contribution >= 4 is 32.7 Å². The zero-order chi connectivity index (χ0) is 30.5. The molecule has 0 aliphatic heterocycles. The molecule has 0 atom stereocenters. The van der Waals surface area contributed by atoms with Gasteiger partial charge >= 0.3 is 0 Å². The highest BCUT2D eigenvalue weighted by molar-refractivity contribution is 6.11. The number of para-hydroxylation sites is 1. The molecule has 0 aliphatic carbocycles. The summed E-state index contributed by atoms with van der Waals surface area (Å²) in [6.45, 7) is 0. The molecule has 0 fully saturated rings. The molecule has 0 unspecified atom stereocenters. The minimum Gasteiger partial charge on any atom is -0.309 e. The minimum absolute atomic E-state index is 0.880. The lowest BCUT2D eigenvalue weighted by Gasteiger charge is -2.13. The van der Waals surface area contributed by atoms with E-state index in [1.165, 1.54) is 27.3 Å². The second kappa shape index (κ2) is 10.7. The molecule has 4 heterocycles. The second-order valence-electron chi connectivity index (χ2n) is 11.5. The Hall–Kier alpha value is -6.26. The molecule has 216 valence electrons. The maximum atomic E-state index is 4.88. The van der Waals surface area contributed by atoms with Crippen LogP contribution in [0.2, 0.25) is 0 Å². The number of hydrogen-bond donors (Lipinski definition) is 0. The second-order valence-corrected chi connectivity index (χ2v) is 11.5. The zero-order valence-corrected chi connectivity index (χ0v) is 25.0. The van der Waals surface area contributed by atoms with Crippen LogP contribution in [0.3, 0.4) is 0 Å². The largest absolute Gasteiger partial charge is 0.309 e. The molecule has 0 radical (unpaired) electrons. The van der Waals surface area contributed by atoms with E-state index in [1.807, 2.05) is 30.6 Å². The van der Waals surface area contributed by atoms with E-state index in [0.29, 0.717) is 0 Å². The van der Waals surface area contributed by atoms with Crippen LogP contribution in [0.25, 0.3) is 77.9 Å². The SMILES string of the molecule is c1ccc(-c2c(-c3ccccc3)n(-c3ccccn3)c3cc(-n4c5ccccc5c5ccc(-c6ccccn6)cc54)ccc23)cc1. The van der Waals surface area contributed by atoms with Crippen molar-refractivity contribution in [2.24, 2.45) is 0 Å². The lowest BCUT2D eigenvalue weighted by Crippen LogP contribution is -2.00. The van der Waals surface area contributed by atoms with Gasteiger partial charge in [0.1, 0.15) is 5.82 Å². The predicted octanol–water partition coefficient (Wildman–Crippen LogP) is 10.5. The molecular weight excluding hydrogens is 560 g/mol. The average Bonchev–Trinajstić information content (AvgIpc) is 3.65. The maximum Gasteiger partial charge on any atom is 0.137 e.